The molecule has 1 N–H and O–H groups in total. The van der Waals surface area contributed by atoms with E-state index in [1.165, 1.54) is 0 Å². The Hall–Kier alpha value is -1.51. The van der Waals surface area contributed by atoms with Crippen molar-refractivity contribution in [1.82, 2.24) is 0 Å². The minimum Gasteiger partial charge on any atom is -0.493 e. The van der Waals surface area contributed by atoms with Crippen LogP contribution < -0.4 is 4.74 Å². The van der Waals surface area contributed by atoms with Crippen molar-refractivity contribution in [1.29, 1.82) is 0 Å². The Morgan fingerprint density at radius 2 is 2.21 bits per heavy atom. The Kier molecular flexibility index (Phi) is 1.40. The normalized spacial score (nSPS) is 32.4. The number of carbonyl (C=O) groups is 1. The molecule has 2 aliphatic rings. The third-order valence-corrected chi connectivity index (χ3v) is 3.16. The highest BCUT2D eigenvalue weighted by Crippen LogP contribution is 2.58. The second kappa shape index (κ2) is 2.50. The van der Waals surface area contributed by atoms with Gasteiger partial charge in [0.2, 0.25) is 0 Å². The predicted octanol–water partition coefficient (Wildman–Crippen LogP) is 1.49. The van der Waals surface area contributed by atoms with Gasteiger partial charge in [0.15, 0.2) is 0 Å². The highest BCUT2D eigenvalue weighted by atomic mass is 16.5. The van der Waals surface area contributed by atoms with Crippen LogP contribution in [0.1, 0.15) is 11.5 Å². The maximum atomic E-state index is 10.9. The molecule has 0 radical (unpaired) electrons. The molecule has 3 rings (SSSR count). The first kappa shape index (κ1) is 7.85. The molecule has 3 heteroatoms. The number of ether oxygens (including phenoxy) is 1. The Labute approximate surface area is 81.3 Å². The first-order chi connectivity index (χ1) is 6.79. The van der Waals surface area contributed by atoms with E-state index in [-0.39, 0.29) is 17.8 Å². The number of carboxylic acid groups (broad SMARTS) is 1. The maximum absolute atomic E-state index is 10.9. The first-order valence-corrected chi connectivity index (χ1v) is 4.73. The maximum Gasteiger partial charge on any atom is 0.307 e. The van der Waals surface area contributed by atoms with Crippen LogP contribution in [0.2, 0.25) is 0 Å². The van der Waals surface area contributed by atoms with Gasteiger partial charge in [0.1, 0.15) is 5.75 Å². The lowest BCUT2D eigenvalue weighted by Crippen LogP contribution is -2.08. The standard InChI is InChI=1S/C11H10O3/c12-11(13)10-7-5-14-8-4-2-1-3-6(8)9(7)10/h1-4,7,9-10H,5H2,(H,12,13)/t7-,9+,10?/m0/s1. The smallest absolute Gasteiger partial charge is 0.307 e. The van der Waals surface area contributed by atoms with Crippen molar-refractivity contribution < 1.29 is 14.6 Å². The molecule has 0 bridgehead atoms. The molecule has 0 saturated heterocycles. The van der Waals surface area contributed by atoms with Crippen molar-refractivity contribution in [3.8, 4) is 5.75 Å². The quantitative estimate of drug-likeness (QED) is 0.729. The van der Waals surface area contributed by atoms with Crippen LogP contribution >= 0.6 is 0 Å². The van der Waals surface area contributed by atoms with Crippen molar-refractivity contribution in [2.24, 2.45) is 11.8 Å². The van der Waals surface area contributed by atoms with Crippen LogP contribution in [0.5, 0.6) is 5.75 Å². The molecular weight excluding hydrogens is 180 g/mol. The second-order valence-electron chi connectivity index (χ2n) is 3.90. The van der Waals surface area contributed by atoms with Crippen molar-refractivity contribution in [3.63, 3.8) is 0 Å². The lowest BCUT2D eigenvalue weighted by atomic mass is 10.1. The summed E-state index contributed by atoms with van der Waals surface area (Å²) in [6.07, 6.45) is 0. The summed E-state index contributed by atoms with van der Waals surface area (Å²) in [5.41, 5.74) is 1.07. The summed E-state index contributed by atoms with van der Waals surface area (Å²) in [4.78, 5) is 10.9. The lowest BCUT2D eigenvalue weighted by Gasteiger charge is -2.15. The summed E-state index contributed by atoms with van der Waals surface area (Å²) >= 11 is 0. The number of para-hydroxylation sites is 1. The zero-order valence-electron chi connectivity index (χ0n) is 7.51. The number of aliphatic carboxylic acids is 1. The van der Waals surface area contributed by atoms with E-state index in [4.69, 9.17) is 9.84 Å². The van der Waals surface area contributed by atoms with Gasteiger partial charge in [-0.15, -0.1) is 0 Å². The summed E-state index contributed by atoms with van der Waals surface area (Å²) < 4.78 is 5.49. The van der Waals surface area contributed by atoms with E-state index < -0.39 is 5.97 Å². The zero-order chi connectivity index (χ0) is 9.71. The van der Waals surface area contributed by atoms with Gasteiger partial charge in [0.05, 0.1) is 12.5 Å². The van der Waals surface area contributed by atoms with Crippen molar-refractivity contribution in [2.75, 3.05) is 6.61 Å². The molecule has 14 heavy (non-hydrogen) atoms. The van der Waals surface area contributed by atoms with Gasteiger partial charge in [0.25, 0.3) is 0 Å². The summed E-state index contributed by atoms with van der Waals surface area (Å²) in [6, 6.07) is 7.72. The van der Waals surface area contributed by atoms with Gasteiger partial charge in [-0.2, -0.15) is 0 Å². The Bertz CT molecular complexity index is 399. The minimum atomic E-state index is -0.694. The Morgan fingerprint density at radius 1 is 1.43 bits per heavy atom. The number of fused-ring (bicyclic) bond motifs is 3. The van der Waals surface area contributed by atoms with Gasteiger partial charge >= 0.3 is 5.97 Å². The number of hydrogen-bond acceptors (Lipinski definition) is 2. The molecule has 1 saturated carbocycles. The van der Waals surface area contributed by atoms with Crippen LogP contribution in [-0.4, -0.2) is 17.7 Å². The average molecular weight is 190 g/mol. The van der Waals surface area contributed by atoms with Crippen molar-refractivity contribution in [2.45, 2.75) is 5.92 Å². The Morgan fingerprint density at radius 3 is 3.00 bits per heavy atom. The average Bonchev–Trinajstić information content (AvgIpc) is 2.92. The number of benzene rings is 1. The summed E-state index contributed by atoms with van der Waals surface area (Å²) in [5, 5.41) is 8.95. The second-order valence-corrected chi connectivity index (χ2v) is 3.90. The van der Waals surface area contributed by atoms with Gasteiger partial charge in [-0.1, -0.05) is 18.2 Å². The summed E-state index contributed by atoms with van der Waals surface area (Å²) in [5.74, 6) is 0.330. The highest BCUT2D eigenvalue weighted by molar-refractivity contribution is 5.77. The van der Waals surface area contributed by atoms with Gasteiger partial charge < -0.3 is 9.84 Å². The van der Waals surface area contributed by atoms with E-state index in [2.05, 4.69) is 0 Å². The van der Waals surface area contributed by atoms with E-state index in [9.17, 15) is 4.79 Å². The van der Waals surface area contributed by atoms with Crippen molar-refractivity contribution >= 4 is 5.97 Å². The molecule has 0 aromatic heterocycles. The first-order valence-electron chi connectivity index (χ1n) is 4.73. The summed E-state index contributed by atoms with van der Waals surface area (Å²) in [6.45, 7) is 0.554. The van der Waals surface area contributed by atoms with E-state index in [0.717, 1.165) is 11.3 Å². The molecule has 1 heterocycles. The number of rotatable bonds is 1. The zero-order valence-corrected chi connectivity index (χ0v) is 7.51. The molecule has 1 aromatic carbocycles. The SMILES string of the molecule is O=C(O)C1[C@H]2COc3ccccc3[C@@H]12. The van der Waals surface area contributed by atoms with Crippen LogP contribution in [-0.2, 0) is 4.79 Å². The molecule has 3 nitrogen and oxygen atoms in total. The van der Waals surface area contributed by atoms with E-state index >= 15 is 0 Å². The lowest BCUT2D eigenvalue weighted by molar-refractivity contribution is -0.139. The predicted molar refractivity (Wildman–Crippen MR) is 49.3 cm³/mol. The van der Waals surface area contributed by atoms with Crippen molar-refractivity contribution in [3.05, 3.63) is 29.8 Å². The van der Waals surface area contributed by atoms with Crippen LogP contribution in [0.3, 0.4) is 0 Å². The third kappa shape index (κ3) is 0.895. The van der Waals surface area contributed by atoms with Gasteiger partial charge in [-0.25, -0.2) is 0 Å². The van der Waals surface area contributed by atoms with Gasteiger partial charge in [-0.05, 0) is 11.6 Å². The fourth-order valence-electron chi connectivity index (χ4n) is 2.42. The van der Waals surface area contributed by atoms with E-state index in [1.54, 1.807) is 0 Å². The molecule has 1 aliphatic heterocycles. The highest BCUT2D eigenvalue weighted by Gasteiger charge is 2.58. The molecular formula is C11H10O3. The molecule has 1 aliphatic carbocycles. The summed E-state index contributed by atoms with van der Waals surface area (Å²) in [7, 11) is 0. The van der Waals surface area contributed by atoms with Gasteiger partial charge in [0, 0.05) is 11.8 Å². The topological polar surface area (TPSA) is 46.5 Å². The third-order valence-electron chi connectivity index (χ3n) is 3.16. The fraction of sp³-hybridized carbons (Fsp3) is 0.364. The molecule has 1 unspecified atom stereocenters. The molecule has 0 amide bonds. The number of hydrogen-bond donors (Lipinski definition) is 1. The van der Waals surface area contributed by atoms with E-state index in [0.29, 0.717) is 6.61 Å². The van der Waals surface area contributed by atoms with Crippen LogP contribution in [0.25, 0.3) is 0 Å². The van der Waals surface area contributed by atoms with Crippen LogP contribution in [0.15, 0.2) is 24.3 Å². The monoisotopic (exact) mass is 190 g/mol. The molecule has 72 valence electrons. The van der Waals surface area contributed by atoms with E-state index in [1.807, 2.05) is 24.3 Å². The largest absolute Gasteiger partial charge is 0.493 e. The molecule has 3 atom stereocenters. The van der Waals surface area contributed by atoms with Crippen LogP contribution in [0, 0.1) is 11.8 Å². The molecule has 1 aromatic rings. The minimum absolute atomic E-state index is 0.192. The van der Waals surface area contributed by atoms with Crippen LogP contribution in [0.4, 0.5) is 0 Å². The Balaban J connectivity index is 2.00. The van der Waals surface area contributed by atoms with Gasteiger partial charge in [-0.3, -0.25) is 4.79 Å². The number of carboxylic acids is 1. The molecule has 0 spiro atoms. The molecule has 1 fully saturated rings. The fourth-order valence-corrected chi connectivity index (χ4v) is 2.42.